The van der Waals surface area contributed by atoms with Crippen LogP contribution in [0.5, 0.6) is 0 Å². The standard InChI is InChI=1S/C28H29N7/c1-3-20(2)28-29-26(18-15-21-9-5-4-6-10-21)32-35(28)19-22-13-16-23(17-14-22)24-11-7-8-12-25(24)27-30-33-34-31-27/h4-14,16-17,20H,3,15,18-19H2,1-2H3,(H,30,31,33,34). The monoisotopic (exact) mass is 463 g/mol. The van der Waals surface area contributed by atoms with E-state index in [2.05, 4.69) is 93.8 Å². The van der Waals surface area contributed by atoms with Gasteiger partial charge in [-0.05, 0) is 40.3 Å². The lowest BCUT2D eigenvalue weighted by molar-refractivity contribution is 0.575. The largest absolute Gasteiger partial charge is 0.245 e. The van der Waals surface area contributed by atoms with Crippen LogP contribution in [0, 0.1) is 0 Å². The Morgan fingerprint density at radius 1 is 0.829 bits per heavy atom. The van der Waals surface area contributed by atoms with Crippen LogP contribution in [-0.2, 0) is 19.4 Å². The van der Waals surface area contributed by atoms with Crippen LogP contribution in [0.4, 0.5) is 0 Å². The summed E-state index contributed by atoms with van der Waals surface area (Å²) in [5, 5.41) is 19.4. The SMILES string of the molecule is CCC(C)c1nc(CCc2ccccc2)nn1Cc1ccc(-c2ccccc2-c2nn[nH]n2)cc1. The van der Waals surface area contributed by atoms with Crippen molar-refractivity contribution in [2.45, 2.75) is 45.6 Å². The van der Waals surface area contributed by atoms with E-state index in [1.807, 2.05) is 24.3 Å². The first-order valence-electron chi connectivity index (χ1n) is 12.1. The molecule has 5 aromatic rings. The number of rotatable bonds is 9. The lowest BCUT2D eigenvalue weighted by Crippen LogP contribution is -2.09. The van der Waals surface area contributed by atoms with Crippen molar-refractivity contribution in [3.05, 3.63) is 102 Å². The molecule has 7 heteroatoms. The maximum absolute atomic E-state index is 4.93. The highest BCUT2D eigenvalue weighted by molar-refractivity contribution is 5.80. The maximum atomic E-state index is 4.93. The molecule has 0 bridgehead atoms. The van der Waals surface area contributed by atoms with Crippen LogP contribution in [-0.4, -0.2) is 35.4 Å². The number of tetrazole rings is 1. The van der Waals surface area contributed by atoms with Crippen LogP contribution in [0.25, 0.3) is 22.5 Å². The highest BCUT2D eigenvalue weighted by atomic mass is 15.5. The molecule has 2 aromatic heterocycles. The van der Waals surface area contributed by atoms with Crippen molar-refractivity contribution in [3.63, 3.8) is 0 Å². The summed E-state index contributed by atoms with van der Waals surface area (Å²) >= 11 is 0. The number of hydrogen-bond acceptors (Lipinski definition) is 5. The van der Waals surface area contributed by atoms with E-state index >= 15 is 0 Å². The summed E-state index contributed by atoms with van der Waals surface area (Å²) in [5.74, 6) is 2.92. The van der Waals surface area contributed by atoms with E-state index in [1.54, 1.807) is 0 Å². The van der Waals surface area contributed by atoms with Crippen LogP contribution in [0.1, 0.15) is 49.0 Å². The number of nitrogens with zero attached hydrogens (tertiary/aromatic N) is 6. The molecule has 1 N–H and O–H groups in total. The van der Waals surface area contributed by atoms with Crippen molar-refractivity contribution in [3.8, 4) is 22.5 Å². The molecule has 0 fully saturated rings. The number of hydrogen-bond donors (Lipinski definition) is 1. The van der Waals surface area contributed by atoms with E-state index in [9.17, 15) is 0 Å². The van der Waals surface area contributed by atoms with Gasteiger partial charge in [-0.15, -0.1) is 10.2 Å². The molecule has 1 unspecified atom stereocenters. The zero-order chi connectivity index (χ0) is 24.0. The molecular weight excluding hydrogens is 434 g/mol. The van der Waals surface area contributed by atoms with Gasteiger partial charge in [0.05, 0.1) is 6.54 Å². The minimum atomic E-state index is 0.356. The summed E-state index contributed by atoms with van der Waals surface area (Å²) in [5.41, 5.74) is 5.64. The van der Waals surface area contributed by atoms with Crippen LogP contribution in [0.3, 0.4) is 0 Å². The molecule has 35 heavy (non-hydrogen) atoms. The third-order valence-corrected chi connectivity index (χ3v) is 6.39. The smallest absolute Gasteiger partial charge is 0.205 e. The molecule has 3 aromatic carbocycles. The Kier molecular flexibility index (Phi) is 6.75. The zero-order valence-corrected chi connectivity index (χ0v) is 20.1. The molecule has 0 radical (unpaired) electrons. The van der Waals surface area contributed by atoms with Crippen molar-refractivity contribution in [2.75, 3.05) is 0 Å². The molecule has 2 heterocycles. The van der Waals surface area contributed by atoms with Crippen molar-refractivity contribution in [1.82, 2.24) is 35.4 Å². The van der Waals surface area contributed by atoms with E-state index in [-0.39, 0.29) is 0 Å². The molecule has 0 aliphatic heterocycles. The van der Waals surface area contributed by atoms with Crippen LogP contribution in [0.2, 0.25) is 0 Å². The Labute approximate surface area is 205 Å². The second-order valence-corrected chi connectivity index (χ2v) is 8.82. The molecule has 7 nitrogen and oxygen atoms in total. The minimum Gasteiger partial charge on any atom is -0.245 e. The minimum absolute atomic E-state index is 0.356. The molecular formula is C28H29N7. The summed E-state index contributed by atoms with van der Waals surface area (Å²) in [6.07, 6.45) is 2.81. The summed E-state index contributed by atoms with van der Waals surface area (Å²) in [6, 6.07) is 27.2. The first kappa shape index (κ1) is 22.7. The van der Waals surface area contributed by atoms with Gasteiger partial charge >= 0.3 is 0 Å². The Bertz CT molecular complexity index is 1360. The molecule has 5 rings (SSSR count). The second kappa shape index (κ2) is 10.4. The van der Waals surface area contributed by atoms with Gasteiger partial charge in [-0.3, -0.25) is 0 Å². The first-order chi connectivity index (χ1) is 17.2. The summed E-state index contributed by atoms with van der Waals surface area (Å²) in [4.78, 5) is 4.93. The van der Waals surface area contributed by atoms with E-state index in [0.717, 1.165) is 47.6 Å². The summed E-state index contributed by atoms with van der Waals surface area (Å²) < 4.78 is 2.08. The number of aromatic amines is 1. The third-order valence-electron chi connectivity index (χ3n) is 6.39. The molecule has 0 aliphatic carbocycles. The van der Waals surface area contributed by atoms with Gasteiger partial charge in [-0.2, -0.15) is 10.3 Å². The van der Waals surface area contributed by atoms with Crippen molar-refractivity contribution in [2.24, 2.45) is 0 Å². The van der Waals surface area contributed by atoms with Gasteiger partial charge in [0.2, 0.25) is 5.82 Å². The van der Waals surface area contributed by atoms with Gasteiger partial charge in [0, 0.05) is 17.9 Å². The number of benzene rings is 3. The third kappa shape index (κ3) is 5.19. The average molecular weight is 464 g/mol. The number of aryl methyl sites for hydroxylation is 2. The predicted molar refractivity (Wildman–Crippen MR) is 137 cm³/mol. The fraction of sp³-hybridized carbons (Fsp3) is 0.250. The molecule has 176 valence electrons. The Morgan fingerprint density at radius 2 is 1.57 bits per heavy atom. The van der Waals surface area contributed by atoms with Crippen LogP contribution in [0.15, 0.2) is 78.9 Å². The van der Waals surface area contributed by atoms with E-state index in [1.165, 1.54) is 11.1 Å². The van der Waals surface area contributed by atoms with Crippen molar-refractivity contribution < 1.29 is 0 Å². The maximum Gasteiger partial charge on any atom is 0.205 e. The molecule has 1 atom stereocenters. The molecule has 0 saturated heterocycles. The zero-order valence-electron chi connectivity index (χ0n) is 20.1. The summed E-state index contributed by atoms with van der Waals surface area (Å²) in [7, 11) is 0. The average Bonchev–Trinajstić information content (AvgIpc) is 3.59. The van der Waals surface area contributed by atoms with Crippen LogP contribution >= 0.6 is 0 Å². The van der Waals surface area contributed by atoms with Crippen LogP contribution < -0.4 is 0 Å². The van der Waals surface area contributed by atoms with E-state index in [4.69, 9.17) is 10.1 Å². The number of aromatic nitrogens is 7. The fourth-order valence-corrected chi connectivity index (χ4v) is 4.24. The number of H-pyrrole nitrogens is 1. The highest BCUT2D eigenvalue weighted by Crippen LogP contribution is 2.30. The molecule has 0 saturated carbocycles. The van der Waals surface area contributed by atoms with E-state index in [0.29, 0.717) is 18.3 Å². The van der Waals surface area contributed by atoms with Gasteiger partial charge in [0.15, 0.2) is 5.82 Å². The normalized spacial score (nSPS) is 12.1. The second-order valence-electron chi connectivity index (χ2n) is 8.82. The number of nitrogens with one attached hydrogen (secondary N) is 1. The van der Waals surface area contributed by atoms with Crippen molar-refractivity contribution >= 4 is 0 Å². The lowest BCUT2D eigenvalue weighted by atomic mass is 9.98. The topological polar surface area (TPSA) is 85.2 Å². The Morgan fingerprint density at radius 3 is 2.29 bits per heavy atom. The van der Waals surface area contributed by atoms with Gasteiger partial charge < -0.3 is 0 Å². The molecule has 0 amide bonds. The van der Waals surface area contributed by atoms with Gasteiger partial charge in [0.1, 0.15) is 5.82 Å². The van der Waals surface area contributed by atoms with Gasteiger partial charge in [0.25, 0.3) is 0 Å². The van der Waals surface area contributed by atoms with Gasteiger partial charge in [-0.25, -0.2) is 9.67 Å². The molecule has 0 aliphatic rings. The highest BCUT2D eigenvalue weighted by Gasteiger charge is 2.16. The first-order valence-corrected chi connectivity index (χ1v) is 12.1. The van der Waals surface area contributed by atoms with Crippen molar-refractivity contribution in [1.29, 1.82) is 0 Å². The van der Waals surface area contributed by atoms with Gasteiger partial charge in [-0.1, -0.05) is 92.7 Å². The quantitative estimate of drug-likeness (QED) is 0.313. The Balaban J connectivity index is 1.36. The predicted octanol–water partition coefficient (Wildman–Crippen LogP) is 5.47. The summed E-state index contributed by atoms with van der Waals surface area (Å²) in [6.45, 7) is 5.12. The molecule has 0 spiro atoms. The lowest BCUT2D eigenvalue weighted by Gasteiger charge is -2.11. The fourth-order valence-electron chi connectivity index (χ4n) is 4.24. The van der Waals surface area contributed by atoms with E-state index < -0.39 is 0 Å². The Hall–Kier alpha value is -4.13.